The number of carbonyl (C=O) groups is 1. The van der Waals surface area contributed by atoms with Crippen molar-refractivity contribution in [3.05, 3.63) is 30.1 Å². The lowest BCUT2D eigenvalue weighted by Gasteiger charge is -2.04. The Morgan fingerprint density at radius 2 is 1.27 bits per heavy atom. The second-order valence-corrected chi connectivity index (χ2v) is 6.95. The fraction of sp³-hybridized carbons (Fsp3) is 0.727. The number of esters is 1. The molecule has 0 amide bonds. The van der Waals surface area contributed by atoms with Gasteiger partial charge in [-0.2, -0.15) is 0 Å². The maximum Gasteiger partial charge on any atom is 0.338 e. The molecule has 0 aliphatic heterocycles. The zero-order valence-electron chi connectivity index (χ0n) is 16.9. The first kappa shape index (κ1) is 22.5. The lowest BCUT2D eigenvalue weighted by Crippen LogP contribution is -2.42. The van der Waals surface area contributed by atoms with Crippen LogP contribution in [-0.2, 0) is 4.74 Å². The Kier molecular flexibility index (Phi) is 13.5. The van der Waals surface area contributed by atoms with Crippen LogP contribution in [-0.4, -0.2) is 19.2 Å². The van der Waals surface area contributed by atoms with Gasteiger partial charge in [0.15, 0.2) is 6.61 Å². The van der Waals surface area contributed by atoms with E-state index in [0.717, 1.165) is 19.3 Å². The third kappa shape index (κ3) is 11.1. The number of rotatable bonds is 16. The molecule has 1 heterocycles. The highest BCUT2D eigenvalue weighted by atomic mass is 16.7. The smallest absolute Gasteiger partial charge is 0.338 e. The number of aromatic nitrogens is 1. The predicted octanol–water partition coefficient (Wildman–Crippen LogP) is 5.28. The molecule has 1 aromatic rings. The fourth-order valence-corrected chi connectivity index (χ4v) is 2.82. The maximum absolute atomic E-state index is 12.0. The van der Waals surface area contributed by atoms with Crippen LogP contribution in [0.3, 0.4) is 0 Å². The van der Waals surface area contributed by atoms with Gasteiger partial charge in [0.2, 0.25) is 12.4 Å². The van der Waals surface area contributed by atoms with Gasteiger partial charge in [0.25, 0.3) is 0 Å². The zero-order valence-corrected chi connectivity index (χ0v) is 16.9. The van der Waals surface area contributed by atoms with Crippen LogP contribution in [0.15, 0.2) is 24.5 Å². The molecule has 0 radical (unpaired) electrons. The van der Waals surface area contributed by atoms with E-state index in [1.807, 2.05) is 0 Å². The largest absolute Gasteiger partial charge is 0.462 e. The zero-order chi connectivity index (χ0) is 18.9. The Balaban J connectivity index is 2.12. The minimum Gasteiger partial charge on any atom is -0.462 e. The number of carbonyl (C=O) groups excluding carboxylic acids is 1. The van der Waals surface area contributed by atoms with Crippen molar-refractivity contribution >= 4 is 5.97 Å². The van der Waals surface area contributed by atoms with E-state index >= 15 is 0 Å². The molecule has 1 aromatic heterocycles. The van der Waals surface area contributed by atoms with Gasteiger partial charge in [-0.1, -0.05) is 71.6 Å². The van der Waals surface area contributed by atoms with Gasteiger partial charge < -0.3 is 4.74 Å². The van der Waals surface area contributed by atoms with Crippen LogP contribution in [0.2, 0.25) is 0 Å². The summed E-state index contributed by atoms with van der Waals surface area (Å²) in [4.78, 5) is 17.7. The molecule has 4 nitrogen and oxygen atoms in total. The average molecular weight is 365 g/mol. The molecule has 0 N–H and O–H groups in total. The van der Waals surface area contributed by atoms with Gasteiger partial charge >= 0.3 is 5.97 Å². The summed E-state index contributed by atoms with van der Waals surface area (Å²) in [5, 5.41) is 0. The number of hydrogen-bond acceptors (Lipinski definition) is 3. The normalized spacial score (nSPS) is 10.7. The molecule has 0 aliphatic rings. The SMILES string of the molecule is CCCCCCCCOC(=O)c1cc[n+](OCCCCCCCC)cc1. The number of pyridine rings is 1. The highest BCUT2D eigenvalue weighted by molar-refractivity contribution is 5.88. The van der Waals surface area contributed by atoms with Crippen molar-refractivity contribution in [2.24, 2.45) is 0 Å². The lowest BCUT2D eigenvalue weighted by molar-refractivity contribution is -0.891. The molecule has 0 fully saturated rings. The van der Waals surface area contributed by atoms with Crippen LogP contribution >= 0.6 is 0 Å². The molecule has 4 heteroatoms. The van der Waals surface area contributed by atoms with Gasteiger partial charge in [-0.3, -0.25) is 4.84 Å². The maximum atomic E-state index is 12.0. The Morgan fingerprint density at radius 1 is 0.769 bits per heavy atom. The predicted molar refractivity (Wildman–Crippen MR) is 105 cm³/mol. The summed E-state index contributed by atoms with van der Waals surface area (Å²) in [6, 6.07) is 3.51. The molecule has 0 saturated carbocycles. The van der Waals surface area contributed by atoms with Crippen molar-refractivity contribution in [1.82, 2.24) is 0 Å². The van der Waals surface area contributed by atoms with Crippen molar-refractivity contribution in [1.29, 1.82) is 0 Å². The molecule has 0 atom stereocenters. The van der Waals surface area contributed by atoms with Crippen LogP contribution < -0.4 is 9.57 Å². The highest BCUT2D eigenvalue weighted by Gasteiger charge is 2.10. The first-order valence-corrected chi connectivity index (χ1v) is 10.6. The van der Waals surface area contributed by atoms with Gasteiger partial charge in [0.1, 0.15) is 0 Å². The summed E-state index contributed by atoms with van der Waals surface area (Å²) in [6.07, 6.45) is 18.2. The number of nitrogens with zero attached hydrogens (tertiary/aromatic N) is 1. The first-order valence-electron chi connectivity index (χ1n) is 10.6. The molecule has 0 saturated heterocycles. The van der Waals surface area contributed by atoms with Crippen LogP contribution in [0.4, 0.5) is 0 Å². The van der Waals surface area contributed by atoms with E-state index in [1.54, 1.807) is 29.3 Å². The lowest BCUT2D eigenvalue weighted by atomic mass is 10.1. The summed E-state index contributed by atoms with van der Waals surface area (Å²) in [5.74, 6) is -0.248. The molecule has 1 rings (SSSR count). The molecule has 26 heavy (non-hydrogen) atoms. The fourth-order valence-electron chi connectivity index (χ4n) is 2.82. The van der Waals surface area contributed by atoms with Crippen molar-refractivity contribution in [3.8, 4) is 0 Å². The Morgan fingerprint density at radius 3 is 1.85 bits per heavy atom. The minimum absolute atomic E-state index is 0.248. The van der Waals surface area contributed by atoms with E-state index in [2.05, 4.69) is 13.8 Å². The molecule has 148 valence electrons. The molecular weight excluding hydrogens is 326 g/mol. The number of ether oxygens (including phenoxy) is 1. The quantitative estimate of drug-likeness (QED) is 0.227. The first-order chi connectivity index (χ1) is 12.8. The van der Waals surface area contributed by atoms with Crippen LogP contribution in [0.25, 0.3) is 0 Å². The molecule has 0 aliphatic carbocycles. The van der Waals surface area contributed by atoms with Crippen molar-refractivity contribution < 1.29 is 19.1 Å². The van der Waals surface area contributed by atoms with E-state index < -0.39 is 0 Å². The van der Waals surface area contributed by atoms with Gasteiger partial charge in [0, 0.05) is 16.9 Å². The minimum atomic E-state index is -0.248. The summed E-state index contributed by atoms with van der Waals surface area (Å²) in [6.45, 7) is 5.66. The van der Waals surface area contributed by atoms with E-state index in [-0.39, 0.29) is 5.97 Å². The summed E-state index contributed by atoms with van der Waals surface area (Å²) in [7, 11) is 0. The molecule has 0 unspecified atom stereocenters. The second kappa shape index (κ2) is 15.7. The van der Waals surface area contributed by atoms with Crippen molar-refractivity contribution in [3.63, 3.8) is 0 Å². The second-order valence-electron chi connectivity index (χ2n) is 6.95. The third-order valence-corrected chi connectivity index (χ3v) is 4.51. The van der Waals surface area contributed by atoms with E-state index in [1.165, 1.54) is 57.8 Å². The van der Waals surface area contributed by atoms with E-state index in [9.17, 15) is 4.79 Å². The van der Waals surface area contributed by atoms with Gasteiger partial charge in [-0.15, -0.1) is 0 Å². The topological polar surface area (TPSA) is 39.4 Å². The Hall–Kier alpha value is -1.58. The van der Waals surface area contributed by atoms with Crippen LogP contribution in [0.1, 0.15) is 101 Å². The molecule has 0 spiro atoms. The van der Waals surface area contributed by atoms with Crippen molar-refractivity contribution in [2.45, 2.75) is 90.9 Å². The molecular formula is C22H38NO3+. The molecule has 0 bridgehead atoms. The summed E-state index contributed by atoms with van der Waals surface area (Å²) < 4.78 is 6.99. The Labute approximate surface area is 159 Å². The Bertz CT molecular complexity index is 459. The van der Waals surface area contributed by atoms with Crippen LogP contribution in [0, 0.1) is 0 Å². The summed E-state index contributed by atoms with van der Waals surface area (Å²) >= 11 is 0. The standard InChI is InChI=1S/C22H38NO3/c1-3-5-7-9-11-13-19-25-22(24)21-15-17-23(18-16-21)26-20-14-12-10-8-6-4-2/h15-18H,3-14,19-20H2,1-2H3/q+1. The number of unbranched alkanes of at least 4 members (excludes halogenated alkanes) is 10. The number of hydrogen-bond donors (Lipinski definition) is 0. The third-order valence-electron chi connectivity index (χ3n) is 4.51. The van der Waals surface area contributed by atoms with E-state index in [0.29, 0.717) is 18.8 Å². The van der Waals surface area contributed by atoms with Crippen molar-refractivity contribution in [2.75, 3.05) is 13.2 Å². The van der Waals surface area contributed by atoms with Gasteiger partial charge in [-0.25, -0.2) is 4.79 Å². The highest BCUT2D eigenvalue weighted by Crippen LogP contribution is 2.06. The molecule has 0 aromatic carbocycles. The summed E-state index contributed by atoms with van der Waals surface area (Å²) in [5.41, 5.74) is 0.579. The van der Waals surface area contributed by atoms with E-state index in [4.69, 9.17) is 9.57 Å². The van der Waals surface area contributed by atoms with Gasteiger partial charge in [0.05, 0.1) is 12.2 Å². The van der Waals surface area contributed by atoms with Gasteiger partial charge in [-0.05, 0) is 19.3 Å². The van der Waals surface area contributed by atoms with Crippen LogP contribution in [0.5, 0.6) is 0 Å². The monoisotopic (exact) mass is 364 g/mol. The average Bonchev–Trinajstić information content (AvgIpc) is 2.67.